The fraction of sp³-hybridized carbons (Fsp3) is 0.778. The van der Waals surface area contributed by atoms with E-state index in [9.17, 15) is 9.59 Å². The van der Waals surface area contributed by atoms with Crippen molar-refractivity contribution in [3.8, 4) is 0 Å². The minimum Gasteiger partial charge on any atom is -0.448 e. The summed E-state index contributed by atoms with van der Waals surface area (Å²) in [6, 6.07) is 0. The summed E-state index contributed by atoms with van der Waals surface area (Å²) in [6.45, 7) is 2.08. The van der Waals surface area contributed by atoms with Gasteiger partial charge >= 0.3 is 6.09 Å². The van der Waals surface area contributed by atoms with Gasteiger partial charge in [-0.25, -0.2) is 4.79 Å². The van der Waals surface area contributed by atoms with E-state index < -0.39 is 0 Å². The quantitative estimate of drug-likeness (QED) is 0.595. The van der Waals surface area contributed by atoms with Crippen LogP contribution in [0, 0.1) is 0 Å². The van der Waals surface area contributed by atoms with Crippen molar-refractivity contribution in [1.82, 2.24) is 10.6 Å². The Hall–Kier alpha value is -1.26. The normalized spacial score (nSPS) is 20.9. The summed E-state index contributed by atoms with van der Waals surface area (Å²) in [5.74, 6) is 0.225. The number of rotatable bonds is 0. The first kappa shape index (κ1) is 10.8. The summed E-state index contributed by atoms with van der Waals surface area (Å²) in [7, 11) is 0. The Bertz CT molecular complexity index is 188. The van der Waals surface area contributed by atoms with Gasteiger partial charge in [-0.1, -0.05) is 6.42 Å². The van der Waals surface area contributed by atoms with Gasteiger partial charge in [-0.05, 0) is 12.8 Å². The summed E-state index contributed by atoms with van der Waals surface area (Å²) >= 11 is 0. The van der Waals surface area contributed by atoms with Gasteiger partial charge in [-0.3, -0.25) is 4.79 Å². The van der Waals surface area contributed by atoms with E-state index in [4.69, 9.17) is 0 Å². The van der Waals surface area contributed by atoms with Gasteiger partial charge in [-0.15, -0.1) is 0 Å². The van der Waals surface area contributed by atoms with Crippen molar-refractivity contribution in [3.05, 3.63) is 0 Å². The van der Waals surface area contributed by atoms with Crippen molar-refractivity contribution in [2.75, 3.05) is 19.7 Å². The zero-order chi connectivity index (χ0) is 10.2. The molecule has 0 atom stereocenters. The van der Waals surface area contributed by atoms with E-state index in [2.05, 4.69) is 15.4 Å². The topological polar surface area (TPSA) is 67.4 Å². The Kier molecular flexibility index (Phi) is 4.82. The van der Waals surface area contributed by atoms with Crippen LogP contribution in [0.3, 0.4) is 0 Å². The SMILES string of the molecule is O=C1CCCCCN1.O=C1NCCO1. The molecule has 0 aromatic carbocycles. The lowest BCUT2D eigenvalue weighted by Gasteiger charge is -1.93. The largest absolute Gasteiger partial charge is 0.448 e. The molecule has 2 aliphatic rings. The van der Waals surface area contributed by atoms with Crippen LogP contribution in [-0.2, 0) is 9.53 Å². The highest BCUT2D eigenvalue weighted by Crippen LogP contribution is 2.02. The molecule has 0 bridgehead atoms. The number of alkyl carbamates (subject to hydrolysis) is 1. The molecule has 2 amide bonds. The monoisotopic (exact) mass is 200 g/mol. The smallest absolute Gasteiger partial charge is 0.407 e. The molecular formula is C9H16N2O3. The third kappa shape index (κ3) is 4.69. The number of hydrogen-bond acceptors (Lipinski definition) is 3. The van der Waals surface area contributed by atoms with E-state index in [0.29, 0.717) is 13.2 Å². The molecule has 5 nitrogen and oxygen atoms in total. The van der Waals surface area contributed by atoms with Crippen LogP contribution in [0.2, 0.25) is 0 Å². The van der Waals surface area contributed by atoms with Gasteiger partial charge in [0.25, 0.3) is 0 Å². The number of amides is 2. The second-order valence-corrected chi connectivity index (χ2v) is 3.22. The number of cyclic esters (lactones) is 1. The first-order chi connectivity index (χ1) is 6.79. The summed E-state index contributed by atoms with van der Waals surface area (Å²) in [4.78, 5) is 20.5. The number of carbonyl (C=O) groups is 2. The van der Waals surface area contributed by atoms with Crippen molar-refractivity contribution in [2.45, 2.75) is 25.7 Å². The first-order valence-corrected chi connectivity index (χ1v) is 4.96. The Balaban J connectivity index is 0.000000146. The Morgan fingerprint density at radius 2 is 1.86 bits per heavy atom. The van der Waals surface area contributed by atoms with Gasteiger partial charge in [0.1, 0.15) is 6.61 Å². The van der Waals surface area contributed by atoms with Crippen molar-refractivity contribution in [1.29, 1.82) is 0 Å². The maximum atomic E-state index is 10.6. The van der Waals surface area contributed by atoms with Gasteiger partial charge in [0.05, 0.1) is 6.54 Å². The fourth-order valence-corrected chi connectivity index (χ4v) is 1.25. The second-order valence-electron chi connectivity index (χ2n) is 3.22. The third-order valence-corrected chi connectivity index (χ3v) is 2.01. The van der Waals surface area contributed by atoms with Crippen LogP contribution in [0.1, 0.15) is 25.7 Å². The van der Waals surface area contributed by atoms with Crippen molar-refractivity contribution in [2.24, 2.45) is 0 Å². The Morgan fingerprint density at radius 3 is 2.43 bits per heavy atom. The van der Waals surface area contributed by atoms with E-state index in [1.807, 2.05) is 0 Å². The molecule has 0 spiro atoms. The molecule has 14 heavy (non-hydrogen) atoms. The minimum atomic E-state index is -0.296. The summed E-state index contributed by atoms with van der Waals surface area (Å²) in [5, 5.41) is 5.26. The molecule has 0 saturated carbocycles. The van der Waals surface area contributed by atoms with E-state index >= 15 is 0 Å². The third-order valence-electron chi connectivity index (χ3n) is 2.01. The molecule has 0 radical (unpaired) electrons. The number of nitrogens with one attached hydrogen (secondary N) is 2. The number of hydrogen-bond donors (Lipinski definition) is 2. The highest BCUT2D eigenvalue weighted by molar-refractivity contribution is 5.75. The summed E-state index contributed by atoms with van der Waals surface area (Å²) < 4.78 is 4.40. The van der Waals surface area contributed by atoms with Gasteiger partial charge in [0.15, 0.2) is 0 Å². The zero-order valence-electron chi connectivity index (χ0n) is 8.17. The lowest BCUT2D eigenvalue weighted by molar-refractivity contribution is -0.120. The Labute approximate surface area is 83.2 Å². The molecule has 0 aromatic heterocycles. The predicted octanol–water partition coefficient (Wildman–Crippen LogP) is 0.403. The molecule has 2 fully saturated rings. The Morgan fingerprint density at radius 1 is 1.00 bits per heavy atom. The maximum absolute atomic E-state index is 10.6. The first-order valence-electron chi connectivity index (χ1n) is 4.96. The van der Waals surface area contributed by atoms with Gasteiger partial charge in [0.2, 0.25) is 5.91 Å². The van der Waals surface area contributed by atoms with Crippen LogP contribution < -0.4 is 10.6 Å². The molecule has 2 N–H and O–H groups in total. The molecule has 0 aliphatic carbocycles. The number of ether oxygens (including phenoxy) is 1. The van der Waals surface area contributed by atoms with Crippen molar-refractivity contribution in [3.63, 3.8) is 0 Å². The summed E-state index contributed by atoms with van der Waals surface area (Å²) in [5.41, 5.74) is 0. The predicted molar refractivity (Wildman–Crippen MR) is 50.8 cm³/mol. The maximum Gasteiger partial charge on any atom is 0.407 e. The van der Waals surface area contributed by atoms with Crippen LogP contribution in [0.25, 0.3) is 0 Å². The average Bonchev–Trinajstić information content (AvgIpc) is 2.51. The molecule has 2 aliphatic heterocycles. The summed E-state index contributed by atoms with van der Waals surface area (Å²) in [6.07, 6.45) is 3.88. The van der Waals surface area contributed by atoms with Crippen LogP contribution >= 0.6 is 0 Å². The lowest BCUT2D eigenvalue weighted by atomic mass is 10.2. The number of carbonyl (C=O) groups excluding carboxylic acids is 2. The van der Waals surface area contributed by atoms with E-state index in [0.717, 1.165) is 25.8 Å². The van der Waals surface area contributed by atoms with Crippen LogP contribution in [-0.4, -0.2) is 31.7 Å². The average molecular weight is 200 g/mol. The molecule has 2 rings (SSSR count). The molecule has 80 valence electrons. The van der Waals surface area contributed by atoms with Crippen LogP contribution in [0.5, 0.6) is 0 Å². The lowest BCUT2D eigenvalue weighted by Crippen LogP contribution is -2.21. The molecule has 2 heterocycles. The van der Waals surface area contributed by atoms with Crippen molar-refractivity contribution >= 4 is 12.0 Å². The molecule has 0 unspecified atom stereocenters. The molecule has 0 aromatic rings. The molecule has 2 saturated heterocycles. The zero-order valence-corrected chi connectivity index (χ0v) is 8.17. The highest BCUT2D eigenvalue weighted by Gasteiger charge is 2.06. The molecular weight excluding hydrogens is 184 g/mol. The standard InChI is InChI=1S/C6H11NO.C3H5NO2/c8-6-4-2-1-3-5-7-6;5-3-4-1-2-6-3/h1-5H2,(H,7,8);1-2H2,(H,4,5). The van der Waals surface area contributed by atoms with Crippen LogP contribution in [0.4, 0.5) is 4.79 Å². The van der Waals surface area contributed by atoms with E-state index in [1.54, 1.807) is 0 Å². The second kappa shape index (κ2) is 6.23. The van der Waals surface area contributed by atoms with Gasteiger partial charge in [0, 0.05) is 13.0 Å². The van der Waals surface area contributed by atoms with E-state index in [-0.39, 0.29) is 12.0 Å². The van der Waals surface area contributed by atoms with E-state index in [1.165, 1.54) is 6.42 Å². The highest BCUT2D eigenvalue weighted by atomic mass is 16.6. The van der Waals surface area contributed by atoms with Crippen molar-refractivity contribution < 1.29 is 14.3 Å². The minimum absolute atomic E-state index is 0.225. The van der Waals surface area contributed by atoms with Crippen LogP contribution in [0.15, 0.2) is 0 Å². The molecule has 5 heteroatoms. The van der Waals surface area contributed by atoms with Gasteiger partial charge in [-0.2, -0.15) is 0 Å². The fourth-order valence-electron chi connectivity index (χ4n) is 1.25. The van der Waals surface area contributed by atoms with Gasteiger partial charge < -0.3 is 15.4 Å².